The molecule has 5 aromatic carbocycles. The molecule has 744 valence electrons. The predicted octanol–water partition coefficient (Wildman–Crippen LogP) is -1.21. The third-order valence-corrected chi connectivity index (χ3v) is 24.8. The van der Waals surface area contributed by atoms with Gasteiger partial charge in [0.25, 0.3) is 0 Å². The number of benzene rings is 5. The monoisotopic (exact) mass is 1940 g/mol. The van der Waals surface area contributed by atoms with E-state index >= 15 is 51.9 Å². The van der Waals surface area contributed by atoms with Crippen molar-refractivity contribution >= 4 is 129 Å². The number of likely N-dealkylation sites (N-methyl/N-ethyl adjacent to an activating group) is 3. The number of para-hydroxylation sites is 1. The zero-order chi connectivity index (χ0) is 101. The van der Waals surface area contributed by atoms with Gasteiger partial charge in [-0.1, -0.05) is 125 Å². The number of aromatic nitrogens is 1. The largest absolute Gasteiger partial charge is 0.508 e. The van der Waals surface area contributed by atoms with E-state index in [2.05, 4.69) is 47.9 Å². The second-order valence-electron chi connectivity index (χ2n) is 34.3. The average molecular weight is 1950 g/mol. The Morgan fingerprint density at radius 3 is 1.70 bits per heavy atom. The fraction of sp³-hybridized carbons (Fsp3) is 0.462. The standard InChI is InChI=1S/C93H116F3N17O24S/c1-7-8-22-69-92(135)113-45-57(115)41-71(113)87(130)105-65(42-77(120)121)85(128)107-80(50(2)3)93(136)109(5)70(38-51-17-11-9-12-18-51)86(129)102-62(28-29-76(118)119)90(133)112-32-33-137-47-73(112)88(131)104-64(40-55-44-111(46-78(122)123)68-23-16-15-21-58(55)68)84(127)103-63(36-53-24-26-56(114)27-25-53)83(126)101-61(30-31-97)82(125)106-67(81(124)99-43-74(98)116)48-138-49-75(117)100-66(37-54-34-59(94)79(96)60(95)35-54)89(132)110(6)72(91(134)108(69)4)39-52-19-13-10-14-20-52/h9-21,23-27,34-35,44,50,57,61-67,69-73,80,114-115H,7-8,22,28-33,36-43,45-49,97H2,1-6H3,(H2,98,116)(H,99,124)(H,100,117)(H,101,126)(H,102,129)(H,103,127)(H,104,131)(H,105,130)(H,106,125)(H,107,128)(H,118,119)(H,120,121)(H,122,123)/t57-,61-,62-,63-,64-,65-,66-,67+,69+,70-,71+,72-,73+,80+/m0/s1. The van der Waals surface area contributed by atoms with Gasteiger partial charge in [0.05, 0.1) is 38.0 Å². The summed E-state index contributed by atoms with van der Waals surface area (Å²) in [5.74, 6) is -29.0. The number of morpholine rings is 1. The third-order valence-electron chi connectivity index (χ3n) is 23.8. The quantitative estimate of drug-likeness (QED) is 0.0283. The highest BCUT2D eigenvalue weighted by molar-refractivity contribution is 8.00. The number of primary amides is 1. The Labute approximate surface area is 795 Å². The van der Waals surface area contributed by atoms with Crippen LogP contribution in [-0.2, 0) is 130 Å². The number of aromatic hydroxyl groups is 1. The molecule has 0 saturated carbocycles. The first-order valence-electron chi connectivity index (χ1n) is 44.7. The number of ether oxygens (including phenoxy) is 1. The van der Waals surface area contributed by atoms with Crippen LogP contribution in [0.15, 0.2) is 128 Å². The van der Waals surface area contributed by atoms with E-state index in [0.717, 1.165) is 38.6 Å². The number of thioether (sulfide) groups is 1. The minimum atomic E-state index is -2.09. The number of phenols is 1. The van der Waals surface area contributed by atoms with Crippen molar-refractivity contribution in [3.8, 4) is 5.75 Å². The lowest BCUT2D eigenvalue weighted by atomic mass is 9.98. The summed E-state index contributed by atoms with van der Waals surface area (Å²) in [5.41, 5.74) is 12.7. The highest BCUT2D eigenvalue weighted by Crippen LogP contribution is 2.29. The Morgan fingerprint density at radius 1 is 0.543 bits per heavy atom. The smallest absolute Gasteiger partial charge is 0.323 e. The van der Waals surface area contributed by atoms with E-state index in [1.54, 1.807) is 91.9 Å². The summed E-state index contributed by atoms with van der Waals surface area (Å²) >= 11 is 0.599. The van der Waals surface area contributed by atoms with Gasteiger partial charge in [-0.25, -0.2) is 13.2 Å². The Kier molecular flexibility index (Phi) is 39.5. The first kappa shape index (κ1) is 108. The van der Waals surface area contributed by atoms with Crippen LogP contribution in [-0.4, -0.2) is 318 Å². The van der Waals surface area contributed by atoms with E-state index < -0.39 is 316 Å². The number of hydrogen-bond donors (Lipinski definition) is 16. The number of carboxylic acids is 3. The van der Waals surface area contributed by atoms with Gasteiger partial charge in [-0.15, -0.1) is 11.8 Å². The molecule has 3 saturated heterocycles. The van der Waals surface area contributed by atoms with E-state index in [9.17, 15) is 73.1 Å². The third kappa shape index (κ3) is 29.7. The van der Waals surface area contributed by atoms with Crippen molar-refractivity contribution < 1.29 is 130 Å². The summed E-state index contributed by atoms with van der Waals surface area (Å²) < 4.78 is 52.2. The molecule has 6 aromatic rings. The van der Waals surface area contributed by atoms with Gasteiger partial charge in [-0.3, -0.25) is 86.3 Å². The molecular formula is C93H116F3N17O24S. The molecule has 4 heterocycles. The van der Waals surface area contributed by atoms with Crippen LogP contribution in [0.4, 0.5) is 13.2 Å². The number of hydrogen-bond acceptors (Lipinski definition) is 23. The number of carboxylic acid groups (broad SMARTS) is 3. The molecule has 3 fully saturated rings. The summed E-state index contributed by atoms with van der Waals surface area (Å²) in [5, 5.41) is 75.4. The maximum atomic E-state index is 15.7. The fourth-order valence-electron chi connectivity index (χ4n) is 16.4. The zero-order valence-corrected chi connectivity index (χ0v) is 77.5. The number of rotatable bonds is 26. The summed E-state index contributed by atoms with van der Waals surface area (Å²) in [6.45, 7) is 0.903. The summed E-state index contributed by atoms with van der Waals surface area (Å²) in [6, 6.07) is 5.41. The highest BCUT2D eigenvalue weighted by atomic mass is 32.2. The second-order valence-corrected chi connectivity index (χ2v) is 35.3. The number of nitrogens with one attached hydrogen (secondary N) is 9. The number of aliphatic hydroxyl groups is 1. The van der Waals surface area contributed by atoms with Crippen molar-refractivity contribution in [2.75, 3.05) is 72.0 Å². The number of halogens is 3. The number of amides is 15. The molecule has 41 nitrogen and oxygen atoms in total. The number of carbonyl (C=O) groups is 18. The van der Waals surface area contributed by atoms with E-state index in [0.29, 0.717) is 52.3 Å². The fourth-order valence-corrected chi connectivity index (χ4v) is 17.3. The number of unbranched alkanes of at least 4 members (excludes halogenated alkanes) is 1. The van der Waals surface area contributed by atoms with Crippen LogP contribution in [0.3, 0.4) is 0 Å². The van der Waals surface area contributed by atoms with Crippen LogP contribution in [0.1, 0.15) is 100.0 Å². The normalized spacial score (nSPS) is 23.7. The van der Waals surface area contributed by atoms with Gasteiger partial charge in [0.1, 0.15) is 90.8 Å². The molecule has 0 radical (unpaired) electrons. The van der Waals surface area contributed by atoms with Crippen LogP contribution in [0.2, 0.25) is 0 Å². The van der Waals surface area contributed by atoms with Crippen molar-refractivity contribution in [2.45, 2.75) is 195 Å². The number of aliphatic hydroxyl groups excluding tert-OH is 1. The highest BCUT2D eigenvalue weighted by Gasteiger charge is 2.48. The first-order chi connectivity index (χ1) is 65.6. The average Bonchev–Trinajstić information content (AvgIpc) is 1.63. The maximum Gasteiger partial charge on any atom is 0.323 e. The number of carbonyl (C=O) groups excluding carboxylic acids is 15. The summed E-state index contributed by atoms with van der Waals surface area (Å²) in [4.78, 5) is 267. The first-order valence-corrected chi connectivity index (χ1v) is 45.9. The van der Waals surface area contributed by atoms with E-state index in [4.69, 9.17) is 16.2 Å². The topological polar surface area (TPSA) is 599 Å². The predicted molar refractivity (Wildman–Crippen MR) is 490 cm³/mol. The van der Waals surface area contributed by atoms with Crippen LogP contribution in [0, 0.1) is 23.4 Å². The Hall–Kier alpha value is -14.1. The number of nitrogens with zero attached hydrogens (tertiary/aromatic N) is 6. The Balaban J connectivity index is 1.16. The molecule has 18 N–H and O–H groups in total. The second kappa shape index (κ2) is 50.7. The van der Waals surface area contributed by atoms with Crippen LogP contribution >= 0.6 is 11.8 Å². The minimum Gasteiger partial charge on any atom is -0.508 e. The van der Waals surface area contributed by atoms with Crippen molar-refractivity contribution in [3.05, 3.63) is 173 Å². The van der Waals surface area contributed by atoms with Gasteiger partial charge in [0, 0.05) is 102 Å². The van der Waals surface area contributed by atoms with Gasteiger partial charge in [-0.05, 0) is 89.9 Å². The number of phenolic OH excluding ortho intramolecular Hbond substituents is 1. The molecule has 3 aliphatic rings. The van der Waals surface area contributed by atoms with Crippen LogP contribution in [0.25, 0.3) is 10.9 Å². The van der Waals surface area contributed by atoms with E-state index in [1.165, 1.54) is 55.9 Å². The maximum absolute atomic E-state index is 15.7. The van der Waals surface area contributed by atoms with E-state index in [1.807, 2.05) is 0 Å². The van der Waals surface area contributed by atoms with Crippen LogP contribution < -0.4 is 59.3 Å². The molecule has 14 atom stereocenters. The molecular weight excluding hydrogens is 1830 g/mol. The van der Waals surface area contributed by atoms with Crippen molar-refractivity contribution in [3.63, 3.8) is 0 Å². The molecule has 0 unspecified atom stereocenters. The van der Waals surface area contributed by atoms with Gasteiger partial charge in [0.15, 0.2) is 17.5 Å². The SMILES string of the molecule is CCCC[C@@H]1C(=O)N2C[C@@H](O)C[C@@H]2C(=O)N[C@@H](CC(=O)O)C(=O)N[C@H](C(C)C)C(=O)N(C)[C@@H](Cc2ccccc2)C(=O)N[C@@H](CCC(=O)O)C(=O)N2CCOC[C@@H]2C(=O)N[C@@H](Cc2cn(CC(=O)O)c3ccccc23)C(=O)N[C@@H](Cc2ccc(O)cc2)C(=O)N[C@@H](CCN)C(=O)N[C@@H](C(=O)NCC(N)=O)CSCC(=O)N[C@@H](Cc2cc(F)c(F)c(F)c2)C(=O)N(C)[C@@H](Cc2ccccc2)C(=O)N1C. The van der Waals surface area contributed by atoms with E-state index in [-0.39, 0.29) is 55.7 Å². The lowest BCUT2D eigenvalue weighted by Crippen LogP contribution is -2.64. The van der Waals surface area contributed by atoms with Crippen molar-refractivity contribution in [2.24, 2.45) is 17.4 Å². The van der Waals surface area contributed by atoms with Gasteiger partial charge < -0.3 is 119 Å². The Morgan fingerprint density at radius 2 is 1.09 bits per heavy atom. The summed E-state index contributed by atoms with van der Waals surface area (Å²) in [7, 11) is 3.51. The van der Waals surface area contributed by atoms with Gasteiger partial charge in [-0.2, -0.15) is 0 Å². The lowest BCUT2D eigenvalue weighted by Gasteiger charge is -2.38. The number of fused-ring (bicyclic) bond motifs is 3. The molecule has 0 bridgehead atoms. The number of nitrogens with two attached hydrogens (primary N) is 2. The molecule has 0 aliphatic carbocycles. The lowest BCUT2D eigenvalue weighted by molar-refractivity contribution is -0.152. The molecule has 0 spiro atoms. The van der Waals surface area contributed by atoms with Gasteiger partial charge in [0.2, 0.25) is 88.6 Å². The molecule has 3 aliphatic heterocycles. The summed E-state index contributed by atoms with van der Waals surface area (Å²) in [6.07, 6.45) is -5.88. The Bertz CT molecular complexity index is 5410. The van der Waals surface area contributed by atoms with Crippen molar-refractivity contribution in [1.29, 1.82) is 0 Å². The number of aliphatic carboxylic acids is 3. The van der Waals surface area contributed by atoms with Crippen molar-refractivity contribution in [1.82, 2.24) is 76.9 Å². The molecule has 138 heavy (non-hydrogen) atoms. The minimum absolute atomic E-state index is 0.160. The zero-order valence-electron chi connectivity index (χ0n) is 76.7. The van der Waals surface area contributed by atoms with Gasteiger partial charge >= 0.3 is 17.9 Å². The molecule has 15 amide bonds. The molecule has 9 rings (SSSR count). The molecule has 45 heteroatoms. The van der Waals surface area contributed by atoms with Crippen LogP contribution in [0.5, 0.6) is 5.75 Å². The molecule has 1 aromatic heterocycles.